The molecule has 0 spiro atoms. The van der Waals surface area contributed by atoms with Gasteiger partial charge < -0.3 is 10.3 Å². The summed E-state index contributed by atoms with van der Waals surface area (Å²) in [6, 6.07) is 3.52. The number of nitrogens with one attached hydrogen (secondary N) is 2. The molecule has 2 heterocycles. The molecule has 0 saturated heterocycles. The van der Waals surface area contributed by atoms with Crippen LogP contribution in [0.5, 0.6) is 0 Å². The number of thiophene rings is 1. The van der Waals surface area contributed by atoms with Crippen molar-refractivity contribution in [1.82, 2.24) is 9.97 Å². The van der Waals surface area contributed by atoms with Crippen molar-refractivity contribution < 1.29 is 0 Å². The molecular formula is C10H11N3OS. The van der Waals surface area contributed by atoms with Gasteiger partial charge in [-0.2, -0.15) is 0 Å². The molecular weight excluding hydrogens is 210 g/mol. The predicted molar refractivity (Wildman–Crippen MR) is 61.2 cm³/mol. The van der Waals surface area contributed by atoms with Crippen LogP contribution in [0.25, 0.3) is 0 Å². The van der Waals surface area contributed by atoms with Crippen molar-refractivity contribution in [3.63, 3.8) is 0 Å². The van der Waals surface area contributed by atoms with Gasteiger partial charge in [0.1, 0.15) is 5.82 Å². The zero-order chi connectivity index (χ0) is 10.7. The lowest BCUT2D eigenvalue weighted by Gasteiger charge is -2.03. The molecule has 0 atom stereocenters. The van der Waals surface area contributed by atoms with E-state index in [9.17, 15) is 4.79 Å². The first kappa shape index (κ1) is 9.92. The lowest BCUT2D eigenvalue weighted by molar-refractivity contribution is 1.07. The molecule has 2 N–H and O–H groups in total. The molecule has 0 saturated carbocycles. The van der Waals surface area contributed by atoms with E-state index >= 15 is 0 Å². The highest BCUT2D eigenvalue weighted by molar-refractivity contribution is 7.10. The Kier molecular flexibility index (Phi) is 2.82. The van der Waals surface area contributed by atoms with Crippen molar-refractivity contribution in [3.05, 3.63) is 44.6 Å². The highest BCUT2D eigenvalue weighted by Gasteiger charge is 2.00. The normalized spacial score (nSPS) is 10.2. The predicted octanol–water partition coefficient (Wildman–Crippen LogP) is 1.75. The molecule has 0 fully saturated rings. The molecule has 4 nitrogen and oxygen atoms in total. The first-order valence-electron chi connectivity index (χ1n) is 4.57. The van der Waals surface area contributed by atoms with Gasteiger partial charge in [-0.3, -0.25) is 4.79 Å². The topological polar surface area (TPSA) is 57.8 Å². The van der Waals surface area contributed by atoms with Crippen molar-refractivity contribution in [2.45, 2.75) is 13.5 Å². The number of aryl methyl sites for hydroxylation is 1. The van der Waals surface area contributed by atoms with E-state index in [1.165, 1.54) is 22.8 Å². The van der Waals surface area contributed by atoms with Crippen LogP contribution in [-0.2, 0) is 6.54 Å². The summed E-state index contributed by atoms with van der Waals surface area (Å²) >= 11 is 1.70. The van der Waals surface area contributed by atoms with Crippen molar-refractivity contribution in [2.75, 3.05) is 5.32 Å². The van der Waals surface area contributed by atoms with E-state index in [4.69, 9.17) is 0 Å². The van der Waals surface area contributed by atoms with Crippen molar-refractivity contribution in [3.8, 4) is 0 Å². The maximum atomic E-state index is 11.0. The Labute approximate surface area is 91.0 Å². The number of rotatable bonds is 3. The molecule has 2 aromatic rings. The van der Waals surface area contributed by atoms with E-state index in [0.29, 0.717) is 12.4 Å². The summed E-state index contributed by atoms with van der Waals surface area (Å²) in [5.74, 6) is 0.603. The summed E-state index contributed by atoms with van der Waals surface area (Å²) in [5, 5.41) is 5.16. The first-order chi connectivity index (χ1) is 7.25. The monoisotopic (exact) mass is 221 g/mol. The van der Waals surface area contributed by atoms with Crippen molar-refractivity contribution in [1.29, 1.82) is 0 Å². The number of hydrogen-bond donors (Lipinski definition) is 2. The third kappa shape index (κ3) is 2.44. The Hall–Kier alpha value is -1.62. The quantitative estimate of drug-likeness (QED) is 0.830. The van der Waals surface area contributed by atoms with Crippen LogP contribution >= 0.6 is 11.3 Å². The van der Waals surface area contributed by atoms with Crippen LogP contribution in [0, 0.1) is 6.92 Å². The standard InChI is InChI=1S/C10H11N3OS/c1-7-2-3-15-8(7)5-11-9-4-10(14)13-6-12-9/h2-4,6H,5H2,1H3,(H2,11,12,13,14). The van der Waals surface area contributed by atoms with Gasteiger partial charge in [0.25, 0.3) is 5.56 Å². The van der Waals surface area contributed by atoms with E-state index in [0.717, 1.165) is 0 Å². The van der Waals surface area contributed by atoms with E-state index in [2.05, 4.69) is 33.7 Å². The smallest absolute Gasteiger partial charge is 0.252 e. The van der Waals surface area contributed by atoms with Crippen LogP contribution in [0.1, 0.15) is 10.4 Å². The van der Waals surface area contributed by atoms with Crippen LogP contribution in [0.3, 0.4) is 0 Å². The summed E-state index contributed by atoms with van der Waals surface area (Å²) in [6.45, 7) is 2.78. The van der Waals surface area contributed by atoms with Gasteiger partial charge in [0.05, 0.1) is 12.9 Å². The minimum atomic E-state index is -0.143. The van der Waals surface area contributed by atoms with Gasteiger partial charge in [0, 0.05) is 10.9 Å². The molecule has 2 rings (SSSR count). The van der Waals surface area contributed by atoms with Gasteiger partial charge in [-0.1, -0.05) is 0 Å². The molecule has 0 bridgehead atoms. The Bertz CT molecular complexity index is 503. The lowest BCUT2D eigenvalue weighted by atomic mass is 10.3. The van der Waals surface area contributed by atoms with Crippen molar-refractivity contribution in [2.24, 2.45) is 0 Å². The SMILES string of the molecule is Cc1ccsc1CNc1cc(=O)[nH]cn1. The molecule has 0 radical (unpaired) electrons. The molecule has 0 aliphatic rings. The fourth-order valence-electron chi connectivity index (χ4n) is 1.22. The van der Waals surface area contributed by atoms with Gasteiger partial charge in [-0.05, 0) is 23.9 Å². The molecule has 0 unspecified atom stereocenters. The molecule has 78 valence electrons. The molecule has 0 aliphatic heterocycles. The summed E-state index contributed by atoms with van der Waals surface area (Å²) in [7, 11) is 0. The lowest BCUT2D eigenvalue weighted by Crippen LogP contribution is -2.08. The van der Waals surface area contributed by atoms with Crippen LogP contribution in [0.2, 0.25) is 0 Å². The number of hydrogen-bond acceptors (Lipinski definition) is 4. The van der Waals surface area contributed by atoms with Crippen molar-refractivity contribution >= 4 is 17.2 Å². The third-order valence-corrected chi connectivity index (χ3v) is 3.10. The minimum Gasteiger partial charge on any atom is -0.365 e. The summed E-state index contributed by atoms with van der Waals surface area (Å²) < 4.78 is 0. The number of nitrogens with zero attached hydrogens (tertiary/aromatic N) is 1. The maximum Gasteiger partial charge on any atom is 0.252 e. The Morgan fingerprint density at radius 3 is 3.13 bits per heavy atom. The second-order valence-corrected chi connectivity index (χ2v) is 4.18. The average Bonchev–Trinajstić information content (AvgIpc) is 2.61. The molecule has 15 heavy (non-hydrogen) atoms. The van der Waals surface area contributed by atoms with E-state index in [-0.39, 0.29) is 5.56 Å². The molecule has 0 aromatic carbocycles. The van der Waals surface area contributed by atoms with Gasteiger partial charge in [0.2, 0.25) is 0 Å². The summed E-state index contributed by atoms with van der Waals surface area (Å²) in [6.07, 6.45) is 1.39. The average molecular weight is 221 g/mol. The molecule has 2 aromatic heterocycles. The van der Waals surface area contributed by atoms with E-state index in [1.54, 1.807) is 11.3 Å². The van der Waals surface area contributed by atoms with Gasteiger partial charge in [0.15, 0.2) is 0 Å². The molecule has 0 amide bonds. The third-order valence-electron chi connectivity index (χ3n) is 2.08. The van der Waals surface area contributed by atoms with Crippen LogP contribution < -0.4 is 10.9 Å². The second kappa shape index (κ2) is 4.27. The Morgan fingerprint density at radius 2 is 2.47 bits per heavy atom. The fourth-order valence-corrected chi connectivity index (χ4v) is 2.07. The fraction of sp³-hybridized carbons (Fsp3) is 0.200. The zero-order valence-corrected chi connectivity index (χ0v) is 9.10. The molecule has 5 heteroatoms. The Morgan fingerprint density at radius 1 is 1.60 bits per heavy atom. The van der Waals surface area contributed by atoms with Crippen LogP contribution in [0.4, 0.5) is 5.82 Å². The number of anilines is 1. The van der Waals surface area contributed by atoms with Gasteiger partial charge in [-0.15, -0.1) is 11.3 Å². The largest absolute Gasteiger partial charge is 0.365 e. The molecule has 0 aliphatic carbocycles. The van der Waals surface area contributed by atoms with E-state index in [1.807, 2.05) is 0 Å². The highest BCUT2D eigenvalue weighted by atomic mass is 32.1. The zero-order valence-electron chi connectivity index (χ0n) is 8.28. The van der Waals surface area contributed by atoms with E-state index < -0.39 is 0 Å². The number of H-pyrrole nitrogens is 1. The maximum absolute atomic E-state index is 11.0. The second-order valence-electron chi connectivity index (χ2n) is 3.18. The first-order valence-corrected chi connectivity index (χ1v) is 5.45. The van der Waals surface area contributed by atoms with Gasteiger partial charge >= 0.3 is 0 Å². The number of aromatic amines is 1. The summed E-state index contributed by atoms with van der Waals surface area (Å²) in [5.41, 5.74) is 1.12. The highest BCUT2D eigenvalue weighted by Crippen LogP contribution is 2.16. The van der Waals surface area contributed by atoms with Crippen LogP contribution in [0.15, 0.2) is 28.6 Å². The minimum absolute atomic E-state index is 0.143. The van der Waals surface area contributed by atoms with Crippen LogP contribution in [-0.4, -0.2) is 9.97 Å². The Balaban J connectivity index is 2.05. The summed E-state index contributed by atoms with van der Waals surface area (Å²) in [4.78, 5) is 18.7. The van der Waals surface area contributed by atoms with Gasteiger partial charge in [-0.25, -0.2) is 4.98 Å². The number of aromatic nitrogens is 2.